The summed E-state index contributed by atoms with van der Waals surface area (Å²) >= 11 is 0. The molecule has 4 nitrogen and oxygen atoms in total. The van der Waals surface area contributed by atoms with E-state index in [1.807, 2.05) is 42.8 Å². The molecule has 0 unspecified atom stereocenters. The van der Waals surface area contributed by atoms with Gasteiger partial charge < -0.3 is 4.74 Å². The van der Waals surface area contributed by atoms with Gasteiger partial charge in [0.15, 0.2) is 0 Å². The van der Waals surface area contributed by atoms with Crippen molar-refractivity contribution in [3.63, 3.8) is 0 Å². The Labute approximate surface area is 140 Å². The van der Waals surface area contributed by atoms with Crippen molar-refractivity contribution in [3.05, 3.63) is 47.3 Å². The molecule has 0 saturated carbocycles. The molecule has 5 heteroatoms. The zero-order valence-electron chi connectivity index (χ0n) is 13.8. The van der Waals surface area contributed by atoms with E-state index < -0.39 is 10.8 Å². The molecule has 0 radical (unpaired) electrons. The minimum absolute atomic E-state index is 0.179. The van der Waals surface area contributed by atoms with E-state index in [1.54, 1.807) is 0 Å². The molecule has 0 spiro atoms. The van der Waals surface area contributed by atoms with Crippen LogP contribution in [0.5, 0.6) is 0 Å². The monoisotopic (exact) mass is 332 g/mol. The van der Waals surface area contributed by atoms with Crippen LogP contribution < -0.4 is 0 Å². The number of rotatable bonds is 5. The van der Waals surface area contributed by atoms with Gasteiger partial charge in [0, 0.05) is 28.9 Å². The van der Waals surface area contributed by atoms with Crippen molar-refractivity contribution >= 4 is 10.8 Å². The van der Waals surface area contributed by atoms with Crippen molar-refractivity contribution in [3.8, 4) is 5.69 Å². The lowest BCUT2D eigenvalue weighted by molar-refractivity contribution is 0.0310. The van der Waals surface area contributed by atoms with Crippen molar-refractivity contribution in [2.45, 2.75) is 45.0 Å². The summed E-state index contributed by atoms with van der Waals surface area (Å²) in [5, 5.41) is 4.49. The first-order valence-corrected chi connectivity index (χ1v) is 9.70. The van der Waals surface area contributed by atoms with Gasteiger partial charge in [0.05, 0.1) is 23.2 Å². The number of benzene rings is 1. The Bertz CT molecular complexity index is 673. The van der Waals surface area contributed by atoms with E-state index in [0.717, 1.165) is 42.1 Å². The number of nitrogens with zero attached hydrogens (tertiary/aromatic N) is 2. The summed E-state index contributed by atoms with van der Waals surface area (Å²) in [5.74, 6) is 1.25. The molecule has 23 heavy (non-hydrogen) atoms. The number of aryl methyl sites for hydroxylation is 2. The SMILES string of the molecule is Cc1cc(C)n(-c2ccc(C[S@](=O)C[C@@H]3CCCCO3)cc2)n1. The van der Waals surface area contributed by atoms with E-state index in [2.05, 4.69) is 11.2 Å². The lowest BCUT2D eigenvalue weighted by Crippen LogP contribution is -2.25. The summed E-state index contributed by atoms with van der Waals surface area (Å²) in [7, 11) is -0.867. The number of hydrogen-bond donors (Lipinski definition) is 0. The molecule has 0 N–H and O–H groups in total. The molecule has 1 fully saturated rings. The normalized spacial score (nSPS) is 19.7. The van der Waals surface area contributed by atoms with Gasteiger partial charge in [-0.2, -0.15) is 5.10 Å². The summed E-state index contributed by atoms with van der Waals surface area (Å²) in [6.07, 6.45) is 3.55. The summed E-state index contributed by atoms with van der Waals surface area (Å²) in [4.78, 5) is 0. The van der Waals surface area contributed by atoms with E-state index in [0.29, 0.717) is 11.5 Å². The van der Waals surface area contributed by atoms with Crippen LogP contribution in [-0.4, -0.2) is 32.5 Å². The molecule has 0 bridgehead atoms. The van der Waals surface area contributed by atoms with Crippen molar-refractivity contribution in [2.24, 2.45) is 0 Å². The van der Waals surface area contributed by atoms with Gasteiger partial charge in [-0.15, -0.1) is 0 Å². The lowest BCUT2D eigenvalue weighted by atomic mass is 10.1. The first kappa shape index (κ1) is 16.4. The molecular formula is C18H24N2O2S. The molecule has 2 aromatic rings. The molecule has 0 amide bonds. The first-order chi connectivity index (χ1) is 11.1. The lowest BCUT2D eigenvalue weighted by Gasteiger charge is -2.22. The molecule has 1 aliphatic heterocycles. The predicted octanol–water partition coefficient (Wildman–Crippen LogP) is 3.31. The van der Waals surface area contributed by atoms with Gasteiger partial charge in [-0.05, 0) is 56.9 Å². The number of ether oxygens (including phenoxy) is 1. The fourth-order valence-corrected chi connectivity index (χ4v) is 4.37. The van der Waals surface area contributed by atoms with E-state index in [1.165, 1.54) is 6.42 Å². The van der Waals surface area contributed by atoms with Crippen LogP contribution in [0.25, 0.3) is 5.69 Å². The van der Waals surface area contributed by atoms with Crippen LogP contribution in [0.4, 0.5) is 0 Å². The third-order valence-electron chi connectivity index (χ3n) is 4.16. The second-order valence-electron chi connectivity index (χ2n) is 6.24. The largest absolute Gasteiger partial charge is 0.377 e. The van der Waals surface area contributed by atoms with E-state index in [9.17, 15) is 4.21 Å². The minimum Gasteiger partial charge on any atom is -0.377 e. The van der Waals surface area contributed by atoms with Crippen LogP contribution in [-0.2, 0) is 21.3 Å². The Morgan fingerprint density at radius 2 is 2.04 bits per heavy atom. The second-order valence-corrected chi connectivity index (χ2v) is 7.75. The Hall–Kier alpha value is -1.46. The van der Waals surface area contributed by atoms with Crippen molar-refractivity contribution in [1.29, 1.82) is 0 Å². The Morgan fingerprint density at radius 1 is 1.26 bits per heavy atom. The quantitative estimate of drug-likeness (QED) is 0.844. The highest BCUT2D eigenvalue weighted by atomic mass is 32.2. The van der Waals surface area contributed by atoms with Gasteiger partial charge in [0.1, 0.15) is 0 Å². The molecule has 1 aliphatic rings. The van der Waals surface area contributed by atoms with Crippen LogP contribution in [0.3, 0.4) is 0 Å². The van der Waals surface area contributed by atoms with Gasteiger partial charge in [-0.1, -0.05) is 12.1 Å². The minimum atomic E-state index is -0.867. The van der Waals surface area contributed by atoms with Crippen LogP contribution >= 0.6 is 0 Å². The Balaban J connectivity index is 1.61. The third-order valence-corrected chi connectivity index (χ3v) is 5.56. The zero-order chi connectivity index (χ0) is 16.2. The van der Waals surface area contributed by atoms with Gasteiger partial charge in [-0.3, -0.25) is 4.21 Å². The fraction of sp³-hybridized carbons (Fsp3) is 0.500. The molecule has 3 rings (SSSR count). The maximum absolute atomic E-state index is 12.3. The number of hydrogen-bond acceptors (Lipinski definition) is 3. The molecule has 2 atom stereocenters. The topological polar surface area (TPSA) is 44.1 Å². The molecule has 1 aromatic carbocycles. The van der Waals surface area contributed by atoms with Crippen LogP contribution in [0.2, 0.25) is 0 Å². The van der Waals surface area contributed by atoms with Gasteiger partial charge >= 0.3 is 0 Å². The van der Waals surface area contributed by atoms with Gasteiger partial charge in [0.25, 0.3) is 0 Å². The smallest absolute Gasteiger partial charge is 0.0690 e. The van der Waals surface area contributed by atoms with Gasteiger partial charge in [-0.25, -0.2) is 4.68 Å². The summed E-state index contributed by atoms with van der Waals surface area (Å²) in [5.41, 5.74) is 4.28. The molecule has 1 aromatic heterocycles. The molecule has 124 valence electrons. The van der Waals surface area contributed by atoms with E-state index in [-0.39, 0.29) is 6.10 Å². The fourth-order valence-electron chi connectivity index (χ4n) is 3.01. The van der Waals surface area contributed by atoms with Crippen molar-refractivity contribution in [1.82, 2.24) is 9.78 Å². The molecule has 2 heterocycles. The molecular weight excluding hydrogens is 308 g/mol. The highest BCUT2D eigenvalue weighted by molar-refractivity contribution is 7.84. The maximum atomic E-state index is 12.3. The zero-order valence-corrected chi connectivity index (χ0v) is 14.6. The molecule has 0 aliphatic carbocycles. The number of aromatic nitrogens is 2. The standard InChI is InChI=1S/C18H24N2O2S/c1-14-11-15(2)20(19-14)17-8-6-16(7-9-17)12-23(21)13-18-5-3-4-10-22-18/h6-9,11,18H,3-5,10,12-13H2,1-2H3/t18-,23-/m0/s1. The van der Waals surface area contributed by atoms with E-state index in [4.69, 9.17) is 4.74 Å². The Kier molecular flexibility index (Phi) is 5.28. The summed E-state index contributed by atoms with van der Waals surface area (Å²) in [6, 6.07) is 10.2. The summed E-state index contributed by atoms with van der Waals surface area (Å²) < 4.78 is 19.9. The maximum Gasteiger partial charge on any atom is 0.0690 e. The highest BCUT2D eigenvalue weighted by Crippen LogP contribution is 2.17. The Morgan fingerprint density at radius 3 is 2.65 bits per heavy atom. The van der Waals surface area contributed by atoms with Crippen molar-refractivity contribution in [2.75, 3.05) is 12.4 Å². The van der Waals surface area contributed by atoms with Crippen LogP contribution in [0.1, 0.15) is 36.2 Å². The van der Waals surface area contributed by atoms with Crippen LogP contribution in [0, 0.1) is 13.8 Å². The predicted molar refractivity (Wildman–Crippen MR) is 93.3 cm³/mol. The highest BCUT2D eigenvalue weighted by Gasteiger charge is 2.17. The first-order valence-electron chi connectivity index (χ1n) is 8.21. The average molecular weight is 332 g/mol. The summed E-state index contributed by atoms with van der Waals surface area (Å²) in [6.45, 7) is 4.86. The van der Waals surface area contributed by atoms with E-state index >= 15 is 0 Å². The van der Waals surface area contributed by atoms with Crippen LogP contribution in [0.15, 0.2) is 30.3 Å². The van der Waals surface area contributed by atoms with Gasteiger partial charge in [0.2, 0.25) is 0 Å². The second kappa shape index (κ2) is 7.41. The third kappa shape index (κ3) is 4.30. The molecule has 1 saturated heterocycles. The van der Waals surface area contributed by atoms with Crippen molar-refractivity contribution < 1.29 is 8.95 Å². The average Bonchev–Trinajstić information content (AvgIpc) is 2.87.